The number of carbonyl (C=O) groups excluding carboxylic acids is 1. The minimum absolute atomic E-state index is 0.0141. The summed E-state index contributed by atoms with van der Waals surface area (Å²) in [7, 11) is 1.18. The number of carbonyl (C=O) groups is 1. The summed E-state index contributed by atoms with van der Waals surface area (Å²) in [4.78, 5) is 11.9. The molecule has 0 unspecified atom stereocenters. The number of hydrogen-bond donors (Lipinski definition) is 1. The fourth-order valence-electron chi connectivity index (χ4n) is 2.08. The Balaban J connectivity index is 2.70. The van der Waals surface area contributed by atoms with Gasteiger partial charge in [-0.05, 0) is 23.8 Å². The van der Waals surface area contributed by atoms with Crippen LogP contribution in [0, 0.1) is 28.5 Å². The topological polar surface area (TPSA) is 105 Å². The first-order valence-corrected chi connectivity index (χ1v) is 6.17. The van der Waals surface area contributed by atoms with Crippen LogP contribution in [0.4, 0.5) is 10.1 Å². The standard InChI is InChI=1S/C15H11FN4O2/c1-22-15(21)14-13(19)10(7-18)8-20(14)12-5-9(2-3-17)4-11(16)6-12/h4-6,8H,2,19H2,1H3. The number of nitrogen functional groups attached to an aromatic ring is 1. The van der Waals surface area contributed by atoms with E-state index in [0.717, 1.165) is 0 Å². The van der Waals surface area contributed by atoms with Crippen LogP contribution >= 0.6 is 0 Å². The van der Waals surface area contributed by atoms with Crippen molar-refractivity contribution in [3.05, 3.63) is 47.0 Å². The highest BCUT2D eigenvalue weighted by Gasteiger charge is 2.22. The number of rotatable bonds is 3. The van der Waals surface area contributed by atoms with E-state index in [2.05, 4.69) is 4.74 Å². The third kappa shape index (κ3) is 2.60. The Labute approximate surface area is 125 Å². The average molecular weight is 298 g/mol. The molecule has 1 heterocycles. The summed E-state index contributed by atoms with van der Waals surface area (Å²) in [5.74, 6) is -1.31. The number of nitriles is 2. The van der Waals surface area contributed by atoms with Crippen LogP contribution in [-0.4, -0.2) is 17.6 Å². The summed E-state index contributed by atoms with van der Waals surface area (Å²) >= 11 is 0. The van der Waals surface area contributed by atoms with Crippen LogP contribution in [-0.2, 0) is 11.2 Å². The molecular weight excluding hydrogens is 287 g/mol. The van der Waals surface area contributed by atoms with Crippen molar-refractivity contribution in [1.82, 2.24) is 4.57 Å². The summed E-state index contributed by atoms with van der Waals surface area (Å²) < 4.78 is 19.6. The minimum atomic E-state index is -0.745. The number of nitrogens with zero attached hydrogens (tertiary/aromatic N) is 3. The molecule has 110 valence electrons. The third-order valence-electron chi connectivity index (χ3n) is 3.05. The Morgan fingerprint density at radius 3 is 2.73 bits per heavy atom. The lowest BCUT2D eigenvalue weighted by atomic mass is 10.1. The van der Waals surface area contributed by atoms with E-state index in [1.165, 1.54) is 30.0 Å². The number of ether oxygens (including phenoxy) is 1. The molecule has 2 aromatic rings. The predicted octanol–water partition coefficient (Wildman–Crippen LogP) is 1.92. The largest absolute Gasteiger partial charge is 0.464 e. The van der Waals surface area contributed by atoms with Crippen LogP contribution in [0.5, 0.6) is 0 Å². The monoisotopic (exact) mass is 298 g/mol. The summed E-state index contributed by atoms with van der Waals surface area (Å²) in [6.07, 6.45) is 1.34. The van der Waals surface area contributed by atoms with Crippen LogP contribution in [0.15, 0.2) is 24.4 Å². The summed E-state index contributed by atoms with van der Waals surface area (Å²) in [5.41, 5.74) is 6.47. The molecule has 0 saturated carbocycles. The van der Waals surface area contributed by atoms with Crippen molar-refractivity contribution in [1.29, 1.82) is 10.5 Å². The number of halogens is 1. The Morgan fingerprint density at radius 1 is 1.41 bits per heavy atom. The molecule has 1 aromatic heterocycles. The lowest BCUT2D eigenvalue weighted by Crippen LogP contribution is -2.11. The fraction of sp³-hybridized carbons (Fsp3) is 0.133. The van der Waals surface area contributed by atoms with Gasteiger partial charge in [0.15, 0.2) is 5.69 Å². The van der Waals surface area contributed by atoms with Gasteiger partial charge in [0.2, 0.25) is 0 Å². The smallest absolute Gasteiger partial charge is 0.357 e. The van der Waals surface area contributed by atoms with E-state index in [9.17, 15) is 9.18 Å². The second kappa shape index (κ2) is 5.98. The van der Waals surface area contributed by atoms with Gasteiger partial charge in [0.1, 0.15) is 11.9 Å². The molecule has 1 aromatic carbocycles. The Kier molecular flexibility index (Phi) is 4.10. The maximum atomic E-state index is 13.7. The highest BCUT2D eigenvalue weighted by atomic mass is 19.1. The van der Waals surface area contributed by atoms with E-state index in [-0.39, 0.29) is 29.1 Å². The number of hydrogen-bond acceptors (Lipinski definition) is 5. The molecule has 0 amide bonds. The Bertz CT molecular complexity index is 827. The third-order valence-corrected chi connectivity index (χ3v) is 3.05. The van der Waals surface area contributed by atoms with Crippen molar-refractivity contribution in [3.8, 4) is 17.8 Å². The first kappa shape index (κ1) is 15.1. The second-order valence-electron chi connectivity index (χ2n) is 4.43. The van der Waals surface area contributed by atoms with Gasteiger partial charge < -0.3 is 15.0 Å². The fourth-order valence-corrected chi connectivity index (χ4v) is 2.08. The zero-order valence-corrected chi connectivity index (χ0v) is 11.6. The molecule has 0 spiro atoms. The van der Waals surface area contributed by atoms with Gasteiger partial charge in [-0.2, -0.15) is 10.5 Å². The molecule has 0 aliphatic rings. The normalized spacial score (nSPS) is 9.82. The molecule has 0 fully saturated rings. The molecule has 2 N–H and O–H groups in total. The van der Waals surface area contributed by atoms with Gasteiger partial charge in [-0.15, -0.1) is 0 Å². The molecular formula is C15H11FN4O2. The summed E-state index contributed by atoms with van der Waals surface area (Å²) in [6, 6.07) is 7.72. The summed E-state index contributed by atoms with van der Waals surface area (Å²) in [6.45, 7) is 0. The summed E-state index contributed by atoms with van der Waals surface area (Å²) in [5, 5.41) is 17.8. The maximum absolute atomic E-state index is 13.7. The van der Waals surface area contributed by atoms with Gasteiger partial charge in [-0.25, -0.2) is 9.18 Å². The first-order valence-electron chi connectivity index (χ1n) is 6.17. The number of anilines is 1. The molecule has 0 bridgehead atoms. The van der Waals surface area contributed by atoms with Gasteiger partial charge in [0.05, 0.1) is 30.9 Å². The molecule has 0 saturated heterocycles. The van der Waals surface area contributed by atoms with Crippen molar-refractivity contribution in [2.45, 2.75) is 6.42 Å². The Hall–Kier alpha value is -3.32. The predicted molar refractivity (Wildman–Crippen MR) is 75.5 cm³/mol. The zero-order valence-electron chi connectivity index (χ0n) is 11.6. The van der Waals surface area contributed by atoms with Crippen LogP contribution < -0.4 is 5.73 Å². The molecule has 7 heteroatoms. The maximum Gasteiger partial charge on any atom is 0.357 e. The van der Waals surface area contributed by atoms with Crippen LogP contribution in [0.2, 0.25) is 0 Å². The zero-order chi connectivity index (χ0) is 16.3. The second-order valence-corrected chi connectivity index (χ2v) is 4.43. The lowest BCUT2D eigenvalue weighted by Gasteiger charge is -2.10. The quantitative estimate of drug-likeness (QED) is 0.871. The van der Waals surface area contributed by atoms with Gasteiger partial charge in [0, 0.05) is 11.9 Å². The SMILES string of the molecule is COC(=O)c1c(N)c(C#N)cn1-c1cc(F)cc(CC#N)c1. The number of esters is 1. The highest BCUT2D eigenvalue weighted by Crippen LogP contribution is 2.25. The van der Waals surface area contributed by atoms with Crippen LogP contribution in [0.25, 0.3) is 5.69 Å². The van der Waals surface area contributed by atoms with Crippen molar-refractivity contribution < 1.29 is 13.9 Å². The van der Waals surface area contributed by atoms with Crippen molar-refractivity contribution >= 4 is 11.7 Å². The van der Waals surface area contributed by atoms with E-state index < -0.39 is 11.8 Å². The van der Waals surface area contributed by atoms with Gasteiger partial charge in [-0.3, -0.25) is 0 Å². The number of nitrogens with two attached hydrogens (primary N) is 1. The van der Waals surface area contributed by atoms with Gasteiger partial charge in [0.25, 0.3) is 0 Å². The van der Waals surface area contributed by atoms with Gasteiger partial charge in [-0.1, -0.05) is 0 Å². The molecule has 0 radical (unpaired) electrons. The van der Waals surface area contributed by atoms with E-state index in [1.54, 1.807) is 6.07 Å². The van der Waals surface area contributed by atoms with E-state index in [0.29, 0.717) is 5.56 Å². The van der Waals surface area contributed by atoms with Gasteiger partial charge >= 0.3 is 5.97 Å². The van der Waals surface area contributed by atoms with E-state index in [4.69, 9.17) is 16.3 Å². The minimum Gasteiger partial charge on any atom is -0.464 e. The van der Waals surface area contributed by atoms with Crippen LogP contribution in [0.3, 0.4) is 0 Å². The molecule has 6 nitrogen and oxygen atoms in total. The number of aromatic nitrogens is 1. The van der Waals surface area contributed by atoms with Crippen LogP contribution in [0.1, 0.15) is 21.6 Å². The molecule has 0 atom stereocenters. The first-order chi connectivity index (χ1) is 10.5. The highest BCUT2D eigenvalue weighted by molar-refractivity contribution is 5.95. The van der Waals surface area contributed by atoms with E-state index >= 15 is 0 Å². The molecule has 0 aliphatic heterocycles. The van der Waals surface area contributed by atoms with Crippen molar-refractivity contribution in [3.63, 3.8) is 0 Å². The molecule has 22 heavy (non-hydrogen) atoms. The van der Waals surface area contributed by atoms with E-state index in [1.807, 2.05) is 12.1 Å². The molecule has 2 rings (SSSR count). The van der Waals surface area contributed by atoms with Crippen molar-refractivity contribution in [2.75, 3.05) is 12.8 Å². The average Bonchev–Trinajstić information content (AvgIpc) is 2.83. The number of benzene rings is 1. The number of methoxy groups -OCH3 is 1. The lowest BCUT2D eigenvalue weighted by molar-refractivity contribution is 0.0593. The van der Waals surface area contributed by atoms with Crippen molar-refractivity contribution in [2.24, 2.45) is 0 Å². The molecule has 0 aliphatic carbocycles. The Morgan fingerprint density at radius 2 is 2.14 bits per heavy atom.